The van der Waals surface area contributed by atoms with Crippen LogP contribution >= 0.6 is 11.3 Å². The lowest BCUT2D eigenvalue weighted by molar-refractivity contribution is -0.150. The van der Waals surface area contributed by atoms with Crippen molar-refractivity contribution < 1.29 is 91.1 Å². The predicted molar refractivity (Wildman–Crippen MR) is 477 cm³/mol. The SMILES string of the molecule is CCCCCCN(C(=O)[C@@H](NC(=O)[C@H]1CCCCN1C)[C@@H](C)CC)[C@H](C[C@@H](OC(C)=O)c1nc(C(=O)N[C@@H](Cc2ccc(NCCOCNC(=O)CNC(=O)[C@H](Cc3ccccc3)NC(=O)CNC(=O)CNC(=O)CCOCCOCCOCCOCCNC(=O)CCC(=O)N3Cc4ccccc4/C=C\c4ccccc43)cc2)CC(C)(C)C(=O)O)cs1)C(C)C. The molecule has 1 aromatic heterocycles. The van der Waals surface area contributed by atoms with Gasteiger partial charge in [0.05, 0.1) is 103 Å². The lowest BCUT2D eigenvalue weighted by atomic mass is 9.84. The molecule has 125 heavy (non-hydrogen) atoms. The molecule has 7 rings (SSSR count). The van der Waals surface area contributed by atoms with Crippen LogP contribution in [0.25, 0.3) is 12.2 Å². The number of likely N-dealkylation sites (tertiary alicyclic amines) is 1. The Balaban J connectivity index is 0.750. The molecule has 0 radical (unpaired) electrons. The van der Waals surface area contributed by atoms with E-state index in [-0.39, 0.29) is 138 Å². The van der Waals surface area contributed by atoms with Gasteiger partial charge in [0.2, 0.25) is 53.2 Å². The summed E-state index contributed by atoms with van der Waals surface area (Å²) in [5.74, 6) is -6.25. The second-order valence-electron chi connectivity index (χ2n) is 32.4. The Hall–Kier alpha value is -10.6. The number of nitrogens with zero attached hydrogens (tertiary/aromatic N) is 4. The molecule has 2 aliphatic heterocycles. The molecule has 684 valence electrons. The van der Waals surface area contributed by atoms with Crippen molar-refractivity contribution in [2.75, 3.05) is 129 Å². The summed E-state index contributed by atoms with van der Waals surface area (Å²) in [6.45, 7) is 17.4. The van der Waals surface area contributed by atoms with Crippen molar-refractivity contribution in [3.63, 3.8) is 0 Å². The highest BCUT2D eigenvalue weighted by Gasteiger charge is 2.40. The van der Waals surface area contributed by atoms with Crippen LogP contribution in [0.4, 0.5) is 11.4 Å². The number of unbranched alkanes of at least 4 members (excludes halogenated alkanes) is 3. The molecule has 0 unspecified atom stereocenters. The van der Waals surface area contributed by atoms with Gasteiger partial charge in [-0.1, -0.05) is 164 Å². The smallest absolute Gasteiger partial charge is 0.309 e. The number of hydrogen-bond donors (Lipinski definition) is 10. The molecule has 1 saturated heterocycles. The van der Waals surface area contributed by atoms with Gasteiger partial charge in [-0.2, -0.15) is 0 Å². The summed E-state index contributed by atoms with van der Waals surface area (Å²) in [7, 11) is 1.94. The maximum atomic E-state index is 15.1. The van der Waals surface area contributed by atoms with Crippen molar-refractivity contribution in [2.24, 2.45) is 17.3 Å². The zero-order valence-electron chi connectivity index (χ0n) is 74.0. The van der Waals surface area contributed by atoms with E-state index in [0.29, 0.717) is 69.5 Å². The van der Waals surface area contributed by atoms with Crippen molar-refractivity contribution >= 4 is 106 Å². The van der Waals surface area contributed by atoms with Crippen LogP contribution in [-0.4, -0.2) is 240 Å². The normalized spacial score (nSPS) is 14.9. The number of hydrogen-bond acceptors (Lipinski definition) is 22. The van der Waals surface area contributed by atoms with Gasteiger partial charge < -0.3 is 91.2 Å². The maximum Gasteiger partial charge on any atom is 0.309 e. The van der Waals surface area contributed by atoms with E-state index in [4.69, 9.17) is 33.4 Å². The average Bonchev–Trinajstić information content (AvgIpc) is 1.44. The number of likely N-dealkylation sites (N-methyl/N-ethyl adjacent to an activating group) is 1. The molecule has 7 atom stereocenters. The van der Waals surface area contributed by atoms with Gasteiger partial charge in [0.1, 0.15) is 29.5 Å². The van der Waals surface area contributed by atoms with E-state index in [9.17, 15) is 57.8 Å². The first kappa shape index (κ1) is 102. The third-order valence-corrected chi connectivity index (χ3v) is 22.7. The fourth-order valence-corrected chi connectivity index (χ4v) is 15.2. The zero-order valence-corrected chi connectivity index (χ0v) is 74.8. The molecule has 0 bridgehead atoms. The van der Waals surface area contributed by atoms with Crippen LogP contribution in [-0.2, 0) is 101 Å². The van der Waals surface area contributed by atoms with Gasteiger partial charge in [0.15, 0.2) is 6.10 Å². The molecule has 10 N–H and O–H groups in total. The van der Waals surface area contributed by atoms with E-state index in [1.54, 1.807) is 54.5 Å². The molecule has 32 nitrogen and oxygen atoms in total. The van der Waals surface area contributed by atoms with E-state index in [2.05, 4.69) is 65.8 Å². The summed E-state index contributed by atoms with van der Waals surface area (Å²) in [5.41, 5.74) is 4.83. The van der Waals surface area contributed by atoms with Crippen molar-refractivity contribution in [1.29, 1.82) is 0 Å². The highest BCUT2D eigenvalue weighted by atomic mass is 32.1. The van der Waals surface area contributed by atoms with Crippen molar-refractivity contribution in [1.82, 2.24) is 57.3 Å². The number of thiazole rings is 1. The van der Waals surface area contributed by atoms with Crippen LogP contribution in [0.3, 0.4) is 0 Å². The number of aromatic nitrogens is 1. The lowest BCUT2D eigenvalue weighted by Crippen LogP contribution is -2.59. The Morgan fingerprint density at radius 3 is 1.94 bits per heavy atom. The van der Waals surface area contributed by atoms with Gasteiger partial charge in [-0.25, -0.2) is 4.98 Å². The number of carboxylic acid groups (broad SMARTS) is 1. The van der Waals surface area contributed by atoms with Crippen LogP contribution in [0, 0.1) is 17.3 Å². The number of amides is 10. The summed E-state index contributed by atoms with van der Waals surface area (Å²) in [6, 6.07) is 28.5. The van der Waals surface area contributed by atoms with Crippen LogP contribution in [0.2, 0.25) is 0 Å². The molecule has 2 aliphatic rings. The van der Waals surface area contributed by atoms with Crippen LogP contribution < -0.4 is 52.8 Å². The van der Waals surface area contributed by atoms with Crippen molar-refractivity contribution in [2.45, 2.75) is 195 Å². The number of aliphatic carboxylic acids is 1. The summed E-state index contributed by atoms with van der Waals surface area (Å²) in [5, 5.41) is 37.1. The van der Waals surface area contributed by atoms with E-state index in [1.807, 2.05) is 119 Å². The second kappa shape index (κ2) is 55.0. The second-order valence-corrected chi connectivity index (χ2v) is 33.3. The Kier molecular flexibility index (Phi) is 44.7. The molecule has 0 spiro atoms. The number of carboxylic acids is 1. The number of para-hydroxylation sites is 1. The first-order valence-corrected chi connectivity index (χ1v) is 44.5. The molecule has 1 fully saturated rings. The lowest BCUT2D eigenvalue weighted by Gasteiger charge is -2.40. The number of carbonyl (C=O) groups excluding carboxylic acids is 11. The first-order valence-electron chi connectivity index (χ1n) is 43.7. The third-order valence-electron chi connectivity index (χ3n) is 21.7. The minimum atomic E-state index is -1.24. The highest BCUT2D eigenvalue weighted by molar-refractivity contribution is 7.09. The first-order chi connectivity index (χ1) is 60.1. The minimum absolute atomic E-state index is 0.0436. The van der Waals surface area contributed by atoms with Gasteiger partial charge in [-0.15, -0.1) is 11.3 Å². The largest absolute Gasteiger partial charge is 0.481 e. The number of esters is 1. The maximum absolute atomic E-state index is 15.1. The standard InChI is InChI=1S/C92H131N13O19S/c1-10-12-13-22-43-104(90(116)85(64(5)11-2)102-88(115)76-30-21-23-42-103(76)9)77(63(3)4)55-78(124-65(6)106)89-101-74(61-125-89)87(114)99-72(56-92(7,8)91(117)118)53-67-31-35-71(36-32-67)93-40-46-123-62-98-82(110)58-97-86(113)73(54-66-24-15-14-16-25-66)100-83(111)59-96-81(109)57-95-80(108)39-44-119-47-49-121-51-52-122-50-48-120-45-41-94-79(107)37-38-84(112)105-60-70-28-18-17-26-68(70)33-34-69-27-19-20-29-75(69)105/h14-20,24-29,31-36,61,63-64,72-73,76-78,85,93H,10-13,21-23,30,37-60,62H2,1-9H3,(H,94,107)(H,95,108)(H,96,109)(H,97,113)(H,98,110)(H,99,114)(H,100,111)(H,102,115)(H,117,118)/b34-33-/t64-,72-,73-,76+,77+,78+,85-/m0/s1. The van der Waals surface area contributed by atoms with E-state index >= 15 is 4.79 Å². The molecule has 5 aromatic rings. The van der Waals surface area contributed by atoms with Crippen molar-refractivity contribution in [3.8, 4) is 0 Å². The van der Waals surface area contributed by atoms with E-state index < -0.39 is 103 Å². The van der Waals surface area contributed by atoms with Crippen LogP contribution in [0.5, 0.6) is 0 Å². The number of piperidine rings is 1. The zero-order chi connectivity index (χ0) is 90.5. The molecular weight excluding hydrogens is 1620 g/mol. The molecule has 4 aromatic carbocycles. The summed E-state index contributed by atoms with van der Waals surface area (Å²) in [4.78, 5) is 170. The predicted octanol–water partition coefficient (Wildman–Crippen LogP) is 8.08. The number of nitrogens with one attached hydrogen (secondary N) is 9. The molecule has 0 saturated carbocycles. The monoisotopic (exact) mass is 1750 g/mol. The minimum Gasteiger partial charge on any atom is -0.481 e. The van der Waals surface area contributed by atoms with Gasteiger partial charge in [-0.05, 0) is 117 Å². The third kappa shape index (κ3) is 36.5. The quantitative estimate of drug-likeness (QED) is 0.00998. The van der Waals surface area contributed by atoms with Crippen LogP contribution in [0.15, 0.2) is 109 Å². The number of fused-ring (bicyclic) bond motifs is 2. The number of anilines is 2. The molecule has 33 heteroatoms. The highest BCUT2D eigenvalue weighted by Crippen LogP contribution is 2.34. The van der Waals surface area contributed by atoms with Gasteiger partial charge in [0.25, 0.3) is 5.91 Å². The fraction of sp³-hybridized carbons (Fsp3) is 0.554. The summed E-state index contributed by atoms with van der Waals surface area (Å²) < 4.78 is 33.7. The topological polar surface area (TPSA) is 411 Å². The van der Waals surface area contributed by atoms with E-state index in [1.165, 1.54) is 6.92 Å². The van der Waals surface area contributed by atoms with Crippen molar-refractivity contribution in [3.05, 3.63) is 147 Å². The Morgan fingerprint density at radius 1 is 0.624 bits per heavy atom. The van der Waals surface area contributed by atoms with Crippen LogP contribution in [0.1, 0.15) is 188 Å². The van der Waals surface area contributed by atoms with Gasteiger partial charge in [-0.3, -0.25) is 62.4 Å². The summed E-state index contributed by atoms with van der Waals surface area (Å²) in [6.07, 6.45) is 10.6. The number of ether oxygens (including phenoxy) is 6. The average molecular weight is 1760 g/mol. The fourth-order valence-electron chi connectivity index (χ4n) is 14.4. The Bertz CT molecular complexity index is 4280. The Morgan fingerprint density at radius 2 is 1.25 bits per heavy atom. The van der Waals surface area contributed by atoms with Gasteiger partial charge in [0, 0.05) is 81.8 Å². The molecule has 10 amide bonds. The van der Waals surface area contributed by atoms with Gasteiger partial charge >= 0.3 is 11.9 Å². The molecular formula is C92H131N13O19S. The summed E-state index contributed by atoms with van der Waals surface area (Å²) >= 11 is 1.15. The number of carbonyl (C=O) groups is 12. The molecule has 0 aliphatic carbocycles. The number of rotatable bonds is 57. The number of benzene rings is 4. The molecule has 3 heterocycles. The Labute approximate surface area is 738 Å². The van der Waals surface area contributed by atoms with E-state index in [0.717, 1.165) is 90.0 Å².